The summed E-state index contributed by atoms with van der Waals surface area (Å²) < 4.78 is 24.7. The summed E-state index contributed by atoms with van der Waals surface area (Å²) in [5.74, 6) is -0.456. The average Bonchev–Trinajstić information content (AvgIpc) is 2.51. The standard InChI is InChI=1S/C16H24FN3O3/c1-16(2)7-4-5-11(23-16)9-19-15(21)20-10-12-14(17)13(22-3)6-8-18-12/h6,8,11H,4-5,7,9-10H2,1-3H3,(H2,19,20,21). The Labute approximate surface area is 135 Å². The number of nitrogens with zero attached hydrogens (tertiary/aromatic N) is 1. The minimum Gasteiger partial charge on any atom is -0.494 e. The van der Waals surface area contributed by atoms with Gasteiger partial charge in [0.15, 0.2) is 11.6 Å². The second-order valence-electron chi connectivity index (χ2n) is 6.23. The Hall–Kier alpha value is -1.89. The maximum absolute atomic E-state index is 13.9. The summed E-state index contributed by atoms with van der Waals surface area (Å²) in [6.45, 7) is 4.53. The number of ether oxygens (including phenoxy) is 2. The lowest BCUT2D eigenvalue weighted by Gasteiger charge is -2.36. The Morgan fingerprint density at radius 1 is 1.52 bits per heavy atom. The Morgan fingerprint density at radius 3 is 3.00 bits per heavy atom. The van der Waals surface area contributed by atoms with E-state index in [4.69, 9.17) is 9.47 Å². The summed E-state index contributed by atoms with van der Waals surface area (Å²) in [4.78, 5) is 15.7. The van der Waals surface area contributed by atoms with E-state index in [0.29, 0.717) is 6.54 Å². The third-order valence-electron chi connectivity index (χ3n) is 3.84. The largest absolute Gasteiger partial charge is 0.494 e. The van der Waals surface area contributed by atoms with Crippen LogP contribution < -0.4 is 15.4 Å². The number of carbonyl (C=O) groups excluding carboxylic acids is 1. The van der Waals surface area contributed by atoms with Gasteiger partial charge in [-0.25, -0.2) is 9.18 Å². The van der Waals surface area contributed by atoms with Crippen LogP contribution in [0, 0.1) is 5.82 Å². The van der Waals surface area contributed by atoms with Crippen molar-refractivity contribution in [2.75, 3.05) is 13.7 Å². The summed E-state index contributed by atoms with van der Waals surface area (Å²) in [6.07, 6.45) is 4.48. The topological polar surface area (TPSA) is 72.5 Å². The summed E-state index contributed by atoms with van der Waals surface area (Å²) in [6, 6.07) is 1.06. The lowest BCUT2D eigenvalue weighted by Crippen LogP contribution is -2.44. The Morgan fingerprint density at radius 2 is 2.30 bits per heavy atom. The molecule has 1 atom stereocenters. The highest BCUT2D eigenvalue weighted by atomic mass is 19.1. The zero-order valence-corrected chi connectivity index (χ0v) is 13.8. The first-order chi connectivity index (χ1) is 10.9. The van der Waals surface area contributed by atoms with Crippen molar-refractivity contribution in [3.8, 4) is 5.75 Å². The number of aromatic nitrogens is 1. The molecule has 128 valence electrons. The molecular weight excluding hydrogens is 301 g/mol. The first kappa shape index (κ1) is 17.5. The molecule has 2 heterocycles. The van der Waals surface area contributed by atoms with E-state index < -0.39 is 5.82 Å². The molecule has 0 aliphatic carbocycles. The molecule has 0 bridgehead atoms. The van der Waals surface area contributed by atoms with E-state index in [1.807, 2.05) is 0 Å². The third-order valence-corrected chi connectivity index (χ3v) is 3.84. The van der Waals surface area contributed by atoms with E-state index in [1.165, 1.54) is 19.4 Å². The molecular formula is C16H24FN3O3. The molecule has 1 unspecified atom stereocenters. The van der Waals surface area contributed by atoms with Gasteiger partial charge in [0.25, 0.3) is 0 Å². The normalized spacial score (nSPS) is 19.9. The highest BCUT2D eigenvalue weighted by Gasteiger charge is 2.28. The molecule has 1 fully saturated rings. The number of nitrogens with one attached hydrogen (secondary N) is 2. The van der Waals surface area contributed by atoms with Crippen molar-refractivity contribution < 1.29 is 18.7 Å². The van der Waals surface area contributed by atoms with Gasteiger partial charge in [-0.05, 0) is 33.1 Å². The predicted octanol–water partition coefficient (Wildman–Crippen LogP) is 2.38. The second kappa shape index (κ2) is 7.59. The van der Waals surface area contributed by atoms with Crippen molar-refractivity contribution in [3.63, 3.8) is 0 Å². The van der Waals surface area contributed by atoms with Crippen molar-refractivity contribution in [2.24, 2.45) is 0 Å². The van der Waals surface area contributed by atoms with Crippen LogP contribution in [-0.4, -0.2) is 36.4 Å². The Bertz CT molecular complexity index is 551. The number of carbonyl (C=O) groups is 1. The van der Waals surface area contributed by atoms with E-state index in [2.05, 4.69) is 29.5 Å². The predicted molar refractivity (Wildman–Crippen MR) is 83.8 cm³/mol. The molecule has 6 nitrogen and oxygen atoms in total. The van der Waals surface area contributed by atoms with Crippen molar-refractivity contribution >= 4 is 6.03 Å². The van der Waals surface area contributed by atoms with Gasteiger partial charge in [-0.15, -0.1) is 0 Å². The van der Waals surface area contributed by atoms with Crippen LogP contribution in [0.1, 0.15) is 38.8 Å². The quantitative estimate of drug-likeness (QED) is 0.872. The van der Waals surface area contributed by atoms with Crippen LogP contribution >= 0.6 is 0 Å². The van der Waals surface area contributed by atoms with Crippen molar-refractivity contribution in [2.45, 2.75) is 51.4 Å². The third kappa shape index (κ3) is 5.06. The summed E-state index contributed by atoms with van der Waals surface area (Å²) in [5.41, 5.74) is -0.0103. The molecule has 0 aromatic carbocycles. The number of methoxy groups -OCH3 is 1. The molecule has 0 saturated carbocycles. The second-order valence-corrected chi connectivity index (χ2v) is 6.23. The number of hydrogen-bond donors (Lipinski definition) is 2. The van der Waals surface area contributed by atoms with E-state index in [0.717, 1.165) is 19.3 Å². The van der Waals surface area contributed by atoms with Crippen LogP contribution in [0.5, 0.6) is 5.75 Å². The molecule has 1 saturated heterocycles. The van der Waals surface area contributed by atoms with E-state index in [-0.39, 0.29) is 35.7 Å². The lowest BCUT2D eigenvalue weighted by atomic mass is 9.95. The van der Waals surface area contributed by atoms with Gasteiger partial charge in [-0.1, -0.05) is 0 Å². The lowest BCUT2D eigenvalue weighted by molar-refractivity contribution is -0.103. The number of pyridine rings is 1. The minimum atomic E-state index is -0.562. The zero-order valence-electron chi connectivity index (χ0n) is 13.8. The number of rotatable bonds is 5. The first-order valence-electron chi connectivity index (χ1n) is 7.78. The van der Waals surface area contributed by atoms with Gasteiger partial charge in [0.05, 0.1) is 31.1 Å². The molecule has 1 aliphatic heterocycles. The number of amides is 2. The number of hydrogen-bond acceptors (Lipinski definition) is 4. The van der Waals surface area contributed by atoms with E-state index in [9.17, 15) is 9.18 Å². The SMILES string of the molecule is COc1ccnc(CNC(=O)NCC2CCCC(C)(C)O2)c1F. The van der Waals surface area contributed by atoms with Gasteiger partial charge in [0.1, 0.15) is 0 Å². The summed E-state index contributed by atoms with van der Waals surface area (Å²) in [7, 11) is 1.38. The summed E-state index contributed by atoms with van der Waals surface area (Å²) >= 11 is 0. The van der Waals surface area contributed by atoms with Crippen molar-refractivity contribution in [1.29, 1.82) is 0 Å². The molecule has 0 spiro atoms. The Balaban J connectivity index is 1.77. The van der Waals surface area contributed by atoms with Gasteiger partial charge < -0.3 is 20.1 Å². The fourth-order valence-electron chi connectivity index (χ4n) is 2.65. The molecule has 7 heteroatoms. The molecule has 23 heavy (non-hydrogen) atoms. The van der Waals surface area contributed by atoms with Crippen LogP contribution in [-0.2, 0) is 11.3 Å². The smallest absolute Gasteiger partial charge is 0.315 e. The maximum Gasteiger partial charge on any atom is 0.315 e. The number of urea groups is 1. The van der Waals surface area contributed by atoms with Gasteiger partial charge in [-0.3, -0.25) is 4.98 Å². The van der Waals surface area contributed by atoms with E-state index >= 15 is 0 Å². The molecule has 2 N–H and O–H groups in total. The highest BCUT2D eigenvalue weighted by Crippen LogP contribution is 2.27. The molecule has 1 aromatic rings. The van der Waals surface area contributed by atoms with Crippen LogP contribution in [0.25, 0.3) is 0 Å². The average molecular weight is 325 g/mol. The fourth-order valence-corrected chi connectivity index (χ4v) is 2.65. The number of halogens is 1. The summed E-state index contributed by atoms with van der Waals surface area (Å²) in [5, 5.41) is 5.34. The molecule has 0 radical (unpaired) electrons. The van der Waals surface area contributed by atoms with Crippen molar-refractivity contribution in [3.05, 3.63) is 23.8 Å². The minimum absolute atomic E-state index is 0.00805. The van der Waals surface area contributed by atoms with Crippen LogP contribution in [0.15, 0.2) is 12.3 Å². The van der Waals surface area contributed by atoms with Crippen LogP contribution in [0.4, 0.5) is 9.18 Å². The molecule has 1 aliphatic rings. The molecule has 1 aromatic heterocycles. The van der Waals surface area contributed by atoms with E-state index in [1.54, 1.807) is 0 Å². The van der Waals surface area contributed by atoms with Gasteiger partial charge in [0.2, 0.25) is 0 Å². The van der Waals surface area contributed by atoms with Gasteiger partial charge >= 0.3 is 6.03 Å². The van der Waals surface area contributed by atoms with Crippen LogP contribution in [0.2, 0.25) is 0 Å². The fraction of sp³-hybridized carbons (Fsp3) is 0.625. The highest BCUT2D eigenvalue weighted by molar-refractivity contribution is 5.73. The van der Waals surface area contributed by atoms with Crippen LogP contribution in [0.3, 0.4) is 0 Å². The van der Waals surface area contributed by atoms with Crippen molar-refractivity contribution in [1.82, 2.24) is 15.6 Å². The molecule has 2 rings (SSSR count). The zero-order chi connectivity index (χ0) is 16.9. The van der Waals surface area contributed by atoms with Gasteiger partial charge in [-0.2, -0.15) is 0 Å². The maximum atomic E-state index is 13.9. The first-order valence-corrected chi connectivity index (χ1v) is 7.78. The van der Waals surface area contributed by atoms with Gasteiger partial charge in [0, 0.05) is 18.8 Å². The monoisotopic (exact) mass is 325 g/mol. The molecule has 2 amide bonds. The Kier molecular flexibility index (Phi) is 5.76.